The molecule has 0 amide bonds. The smallest absolute Gasteiger partial charge is 0.0181 e. The van der Waals surface area contributed by atoms with Crippen molar-refractivity contribution in [3.63, 3.8) is 0 Å². The van der Waals surface area contributed by atoms with Crippen molar-refractivity contribution in [2.45, 2.75) is 122 Å². The average Bonchev–Trinajstić information content (AvgIpc) is 2.76. The molecule has 0 heterocycles. The Balaban J connectivity index is 1.80. The fourth-order valence-electron chi connectivity index (χ4n) is 8.49. The van der Waals surface area contributed by atoms with Crippen LogP contribution < -0.4 is 0 Å². The van der Waals surface area contributed by atoms with E-state index in [2.05, 4.69) is 37.3 Å². The number of benzene rings is 1. The minimum atomic E-state index is 0.569. The van der Waals surface area contributed by atoms with Gasteiger partial charge >= 0.3 is 0 Å². The van der Waals surface area contributed by atoms with E-state index in [-0.39, 0.29) is 0 Å². The molecule has 0 atom stereocenters. The molecule has 0 heteroatoms. The van der Waals surface area contributed by atoms with E-state index in [0.29, 0.717) is 16.2 Å². The van der Waals surface area contributed by atoms with Crippen molar-refractivity contribution >= 4 is 0 Å². The van der Waals surface area contributed by atoms with E-state index in [1.165, 1.54) is 103 Å². The van der Waals surface area contributed by atoms with E-state index in [4.69, 9.17) is 0 Å². The molecule has 0 aliphatic heterocycles. The minimum absolute atomic E-state index is 0.569. The van der Waals surface area contributed by atoms with Gasteiger partial charge in [-0.3, -0.25) is 0 Å². The first-order valence-corrected chi connectivity index (χ1v) is 12.8. The van der Waals surface area contributed by atoms with Gasteiger partial charge in [-0.25, -0.2) is 0 Å². The molecule has 4 rings (SSSR count). The molecule has 3 fully saturated rings. The van der Waals surface area contributed by atoms with E-state index in [1.54, 1.807) is 18.4 Å². The molecule has 28 heavy (non-hydrogen) atoms. The summed E-state index contributed by atoms with van der Waals surface area (Å²) in [5.41, 5.74) is 3.45. The summed E-state index contributed by atoms with van der Waals surface area (Å²) in [5.74, 6) is 0. The quantitative estimate of drug-likeness (QED) is 0.462. The Labute approximate surface area is 174 Å². The van der Waals surface area contributed by atoms with E-state index in [1.807, 2.05) is 0 Å². The molecule has 3 saturated carbocycles. The van der Waals surface area contributed by atoms with E-state index >= 15 is 0 Å². The molecule has 156 valence electrons. The average molecular weight is 381 g/mol. The van der Waals surface area contributed by atoms with Gasteiger partial charge < -0.3 is 0 Å². The lowest BCUT2D eigenvalue weighted by molar-refractivity contribution is -0.154. The number of rotatable bonds is 6. The molecule has 0 spiro atoms. The highest BCUT2D eigenvalue weighted by molar-refractivity contribution is 5.21. The second-order valence-corrected chi connectivity index (χ2v) is 10.7. The fourth-order valence-corrected chi connectivity index (χ4v) is 8.49. The predicted molar refractivity (Wildman–Crippen MR) is 122 cm³/mol. The Morgan fingerprint density at radius 2 is 1.11 bits per heavy atom. The first-order chi connectivity index (χ1) is 13.8. The SMILES string of the molecule is CCCC1(C2(C3(Cc4ccccc4)CCCCC3)CCCCC2)CCCCC1. The minimum Gasteiger partial charge on any atom is -0.0654 e. The molecule has 3 aliphatic carbocycles. The fraction of sp³-hybridized carbons (Fsp3) is 0.786. The van der Waals surface area contributed by atoms with Crippen molar-refractivity contribution < 1.29 is 0 Å². The van der Waals surface area contributed by atoms with Gasteiger partial charge in [-0.2, -0.15) is 0 Å². The van der Waals surface area contributed by atoms with Gasteiger partial charge in [0.25, 0.3) is 0 Å². The summed E-state index contributed by atoms with van der Waals surface area (Å²) in [6.45, 7) is 2.47. The van der Waals surface area contributed by atoms with Crippen molar-refractivity contribution in [1.29, 1.82) is 0 Å². The lowest BCUT2D eigenvalue weighted by Crippen LogP contribution is -2.57. The molecule has 0 aromatic heterocycles. The Bertz CT molecular complexity index is 574. The van der Waals surface area contributed by atoms with Crippen LogP contribution >= 0.6 is 0 Å². The van der Waals surface area contributed by atoms with Crippen LogP contribution in [0.2, 0.25) is 0 Å². The summed E-state index contributed by atoms with van der Waals surface area (Å²) < 4.78 is 0. The van der Waals surface area contributed by atoms with Crippen molar-refractivity contribution in [1.82, 2.24) is 0 Å². The van der Waals surface area contributed by atoms with Crippen molar-refractivity contribution in [3.8, 4) is 0 Å². The zero-order valence-electron chi connectivity index (χ0n) is 18.6. The summed E-state index contributed by atoms with van der Waals surface area (Å²) in [7, 11) is 0. The molecule has 3 aliphatic rings. The van der Waals surface area contributed by atoms with Crippen LogP contribution in [0.3, 0.4) is 0 Å². The highest BCUT2D eigenvalue weighted by atomic mass is 14.6. The van der Waals surface area contributed by atoms with Crippen molar-refractivity contribution in [2.24, 2.45) is 16.2 Å². The van der Waals surface area contributed by atoms with Crippen LogP contribution in [0.25, 0.3) is 0 Å². The third-order valence-corrected chi connectivity index (χ3v) is 9.47. The highest BCUT2D eigenvalue weighted by Crippen LogP contribution is 2.70. The summed E-state index contributed by atoms with van der Waals surface area (Å²) in [6, 6.07) is 11.6. The first-order valence-electron chi connectivity index (χ1n) is 12.8. The van der Waals surface area contributed by atoms with Crippen LogP contribution in [-0.2, 0) is 6.42 Å². The zero-order valence-corrected chi connectivity index (χ0v) is 18.6. The third-order valence-electron chi connectivity index (χ3n) is 9.47. The molecule has 0 unspecified atom stereocenters. The van der Waals surface area contributed by atoms with Crippen molar-refractivity contribution in [3.05, 3.63) is 35.9 Å². The van der Waals surface area contributed by atoms with E-state index < -0.39 is 0 Å². The van der Waals surface area contributed by atoms with Crippen LogP contribution in [-0.4, -0.2) is 0 Å². The van der Waals surface area contributed by atoms with Gasteiger partial charge in [0.1, 0.15) is 0 Å². The summed E-state index contributed by atoms with van der Waals surface area (Å²) >= 11 is 0. The molecule has 0 saturated heterocycles. The van der Waals surface area contributed by atoms with Gasteiger partial charge in [0, 0.05) is 0 Å². The molecule has 1 aromatic rings. The third kappa shape index (κ3) is 3.59. The van der Waals surface area contributed by atoms with Crippen LogP contribution in [0.1, 0.15) is 122 Å². The van der Waals surface area contributed by atoms with Gasteiger partial charge in [-0.05, 0) is 73.2 Å². The Morgan fingerprint density at radius 3 is 1.64 bits per heavy atom. The summed E-state index contributed by atoms with van der Waals surface area (Å²) in [6.07, 6.45) is 26.9. The molecule has 0 nitrogen and oxygen atoms in total. The van der Waals surface area contributed by atoms with Crippen molar-refractivity contribution in [2.75, 3.05) is 0 Å². The second kappa shape index (κ2) is 8.93. The first kappa shape index (κ1) is 20.5. The monoisotopic (exact) mass is 380 g/mol. The zero-order chi connectivity index (χ0) is 19.3. The second-order valence-electron chi connectivity index (χ2n) is 10.7. The molecule has 0 bridgehead atoms. The Morgan fingerprint density at radius 1 is 0.607 bits per heavy atom. The molecule has 0 radical (unpaired) electrons. The van der Waals surface area contributed by atoms with Gasteiger partial charge in [-0.15, -0.1) is 0 Å². The lowest BCUT2D eigenvalue weighted by Gasteiger charge is -2.65. The normalized spacial score (nSPS) is 26.6. The summed E-state index contributed by atoms with van der Waals surface area (Å²) in [5, 5.41) is 0. The van der Waals surface area contributed by atoms with Gasteiger partial charge in [0.2, 0.25) is 0 Å². The standard InChI is InChI=1S/C28H44/c1-2-17-26(18-9-4-10-19-26)28(22-13-6-14-23-28)27(20-11-5-12-21-27)24-25-15-7-3-8-16-25/h3,7-8,15-16H,2,4-6,9-14,17-24H2,1H3. The van der Waals surface area contributed by atoms with Crippen LogP contribution in [0.4, 0.5) is 0 Å². The van der Waals surface area contributed by atoms with Crippen LogP contribution in [0.15, 0.2) is 30.3 Å². The van der Waals surface area contributed by atoms with Gasteiger partial charge in [-0.1, -0.05) is 101 Å². The van der Waals surface area contributed by atoms with Gasteiger partial charge in [0.05, 0.1) is 0 Å². The van der Waals surface area contributed by atoms with Crippen LogP contribution in [0.5, 0.6) is 0 Å². The summed E-state index contributed by atoms with van der Waals surface area (Å²) in [4.78, 5) is 0. The Kier molecular flexibility index (Phi) is 6.53. The van der Waals surface area contributed by atoms with Crippen LogP contribution in [0, 0.1) is 16.2 Å². The lowest BCUT2D eigenvalue weighted by atomic mass is 9.39. The van der Waals surface area contributed by atoms with E-state index in [0.717, 1.165) is 0 Å². The molecular formula is C28H44. The highest BCUT2D eigenvalue weighted by Gasteiger charge is 2.61. The molecule has 1 aromatic carbocycles. The van der Waals surface area contributed by atoms with Gasteiger partial charge in [0.15, 0.2) is 0 Å². The predicted octanol–water partition coefficient (Wildman–Crippen LogP) is 8.88. The van der Waals surface area contributed by atoms with E-state index in [9.17, 15) is 0 Å². The topological polar surface area (TPSA) is 0 Å². The largest absolute Gasteiger partial charge is 0.0654 e. The number of hydrogen-bond donors (Lipinski definition) is 0. The number of hydrogen-bond acceptors (Lipinski definition) is 0. The Hall–Kier alpha value is -0.780. The molecular weight excluding hydrogens is 336 g/mol. The maximum Gasteiger partial charge on any atom is -0.0181 e. The maximum atomic E-state index is 2.47. The maximum absolute atomic E-state index is 2.47. The molecule has 0 N–H and O–H groups in total.